The van der Waals surface area contributed by atoms with E-state index in [9.17, 15) is 0 Å². The summed E-state index contributed by atoms with van der Waals surface area (Å²) in [6.45, 7) is 8.82. The Hall–Kier alpha value is -0.300. The molecule has 0 fully saturated rings. The van der Waals surface area contributed by atoms with Crippen LogP contribution in [0.3, 0.4) is 0 Å². The van der Waals surface area contributed by atoms with Gasteiger partial charge in [-0.2, -0.15) is 0 Å². The maximum atomic E-state index is 3.27. The second kappa shape index (κ2) is 9.79. The van der Waals surface area contributed by atoms with Crippen molar-refractivity contribution in [2.75, 3.05) is 13.1 Å². The monoisotopic (exact) mass is 183 g/mol. The number of nitrogens with one attached hydrogen (secondary N) is 1. The van der Waals surface area contributed by atoms with Crippen molar-refractivity contribution in [2.24, 2.45) is 5.92 Å². The van der Waals surface area contributed by atoms with E-state index in [-0.39, 0.29) is 0 Å². The van der Waals surface area contributed by atoms with Crippen LogP contribution in [0.2, 0.25) is 0 Å². The van der Waals surface area contributed by atoms with Gasteiger partial charge in [-0.05, 0) is 25.3 Å². The van der Waals surface area contributed by atoms with E-state index in [1.807, 2.05) is 0 Å². The zero-order valence-corrected chi connectivity index (χ0v) is 9.47. The first-order valence-corrected chi connectivity index (χ1v) is 5.63. The van der Waals surface area contributed by atoms with Gasteiger partial charge in [-0.3, -0.25) is 0 Å². The number of unbranched alkanes of at least 4 members (excludes halogenated alkanes) is 2. The molecule has 0 heterocycles. The van der Waals surface area contributed by atoms with Crippen LogP contribution in [-0.4, -0.2) is 13.1 Å². The van der Waals surface area contributed by atoms with Crippen LogP contribution in [0.5, 0.6) is 0 Å². The Morgan fingerprint density at radius 2 is 1.92 bits per heavy atom. The quantitative estimate of drug-likeness (QED) is 0.449. The van der Waals surface area contributed by atoms with Crippen molar-refractivity contribution in [3.63, 3.8) is 0 Å². The van der Waals surface area contributed by atoms with E-state index < -0.39 is 0 Å². The highest BCUT2D eigenvalue weighted by molar-refractivity contribution is 4.83. The molecule has 78 valence electrons. The molecule has 0 unspecified atom stereocenters. The molecule has 0 saturated carbocycles. The van der Waals surface area contributed by atoms with Gasteiger partial charge in [0.2, 0.25) is 0 Å². The molecular weight excluding hydrogens is 158 g/mol. The van der Waals surface area contributed by atoms with Gasteiger partial charge in [-0.1, -0.05) is 45.8 Å². The van der Waals surface area contributed by atoms with Gasteiger partial charge < -0.3 is 5.32 Å². The number of likely N-dealkylation sites (N-methyl/N-ethyl adjacent to an activating group) is 1. The lowest BCUT2D eigenvalue weighted by atomic mass is 10.1. The number of allylic oxidation sites excluding steroid dienone is 1. The molecule has 13 heavy (non-hydrogen) atoms. The molecule has 0 aliphatic carbocycles. The summed E-state index contributed by atoms with van der Waals surface area (Å²) in [5, 5.41) is 3.27. The van der Waals surface area contributed by atoms with Crippen molar-refractivity contribution in [2.45, 2.75) is 46.5 Å². The molecule has 0 aliphatic heterocycles. The first-order valence-electron chi connectivity index (χ1n) is 5.63. The third-order valence-corrected chi connectivity index (χ3v) is 2.08. The molecule has 1 heteroatoms. The molecule has 1 nitrogen and oxygen atoms in total. The van der Waals surface area contributed by atoms with Crippen LogP contribution < -0.4 is 5.32 Å². The topological polar surface area (TPSA) is 12.0 Å². The molecule has 0 spiro atoms. The SMILES string of the molecule is CCNCC=CCCCCC(C)C. The summed E-state index contributed by atoms with van der Waals surface area (Å²) in [5.74, 6) is 0.866. The molecule has 0 aliphatic rings. The minimum absolute atomic E-state index is 0.866. The molecule has 0 aromatic carbocycles. The average Bonchev–Trinajstić information content (AvgIpc) is 2.09. The molecule has 0 aromatic rings. The van der Waals surface area contributed by atoms with Crippen molar-refractivity contribution < 1.29 is 0 Å². The van der Waals surface area contributed by atoms with Gasteiger partial charge in [-0.15, -0.1) is 0 Å². The zero-order valence-electron chi connectivity index (χ0n) is 9.47. The van der Waals surface area contributed by atoms with Crippen LogP contribution in [0.25, 0.3) is 0 Å². The van der Waals surface area contributed by atoms with Crippen molar-refractivity contribution in [3.05, 3.63) is 12.2 Å². The lowest BCUT2D eigenvalue weighted by molar-refractivity contribution is 0.540. The summed E-state index contributed by atoms with van der Waals surface area (Å²) in [5.41, 5.74) is 0. The molecule has 0 saturated heterocycles. The first kappa shape index (κ1) is 12.7. The van der Waals surface area contributed by atoms with E-state index >= 15 is 0 Å². The van der Waals surface area contributed by atoms with Crippen molar-refractivity contribution in [3.8, 4) is 0 Å². The number of hydrogen-bond donors (Lipinski definition) is 1. The van der Waals surface area contributed by atoms with Gasteiger partial charge in [0.05, 0.1) is 0 Å². The van der Waals surface area contributed by atoms with Gasteiger partial charge in [0, 0.05) is 6.54 Å². The number of rotatable bonds is 8. The van der Waals surface area contributed by atoms with Gasteiger partial charge in [0.25, 0.3) is 0 Å². The van der Waals surface area contributed by atoms with Crippen LogP contribution >= 0.6 is 0 Å². The van der Waals surface area contributed by atoms with Crippen molar-refractivity contribution in [1.82, 2.24) is 5.32 Å². The second-order valence-electron chi connectivity index (χ2n) is 3.96. The summed E-state index contributed by atoms with van der Waals surface area (Å²) in [7, 11) is 0. The Kier molecular flexibility index (Phi) is 9.56. The average molecular weight is 183 g/mol. The van der Waals surface area contributed by atoms with Crippen LogP contribution in [0.4, 0.5) is 0 Å². The molecule has 0 amide bonds. The molecule has 1 N–H and O–H groups in total. The van der Waals surface area contributed by atoms with Gasteiger partial charge in [0.1, 0.15) is 0 Å². The Balaban J connectivity index is 3.02. The highest BCUT2D eigenvalue weighted by atomic mass is 14.8. The summed E-state index contributed by atoms with van der Waals surface area (Å²) < 4.78 is 0. The van der Waals surface area contributed by atoms with E-state index in [0.29, 0.717) is 0 Å². The molecule has 0 aromatic heterocycles. The predicted octanol–water partition coefficient (Wildman–Crippen LogP) is 3.37. The van der Waals surface area contributed by atoms with Gasteiger partial charge in [0.15, 0.2) is 0 Å². The van der Waals surface area contributed by atoms with Crippen LogP contribution in [-0.2, 0) is 0 Å². The minimum Gasteiger partial charge on any atom is -0.314 e. The summed E-state index contributed by atoms with van der Waals surface area (Å²) in [6.07, 6.45) is 9.88. The van der Waals surface area contributed by atoms with Crippen molar-refractivity contribution >= 4 is 0 Å². The standard InChI is InChI=1S/C12H25N/c1-4-13-11-9-7-5-6-8-10-12(2)3/h7,9,12-13H,4-6,8,10-11H2,1-3H3. The fourth-order valence-electron chi connectivity index (χ4n) is 1.24. The van der Waals surface area contributed by atoms with Crippen molar-refractivity contribution in [1.29, 1.82) is 0 Å². The Labute approximate surface area is 83.6 Å². The maximum absolute atomic E-state index is 3.27. The van der Waals surface area contributed by atoms with Crippen LogP contribution in [0, 0.1) is 5.92 Å². The Morgan fingerprint density at radius 3 is 2.54 bits per heavy atom. The van der Waals surface area contributed by atoms with Gasteiger partial charge in [-0.25, -0.2) is 0 Å². The molecule has 0 radical (unpaired) electrons. The fourth-order valence-corrected chi connectivity index (χ4v) is 1.24. The Bertz CT molecular complexity index is 116. The van der Waals surface area contributed by atoms with E-state index in [1.165, 1.54) is 25.7 Å². The third kappa shape index (κ3) is 11.7. The Morgan fingerprint density at radius 1 is 1.15 bits per heavy atom. The van der Waals surface area contributed by atoms with Crippen LogP contribution in [0.15, 0.2) is 12.2 Å². The highest BCUT2D eigenvalue weighted by Crippen LogP contribution is 2.07. The third-order valence-electron chi connectivity index (χ3n) is 2.08. The largest absolute Gasteiger partial charge is 0.314 e. The van der Waals surface area contributed by atoms with E-state index in [1.54, 1.807) is 0 Å². The molecule has 0 bridgehead atoms. The first-order chi connectivity index (χ1) is 6.27. The van der Waals surface area contributed by atoms with E-state index in [2.05, 4.69) is 38.2 Å². The minimum atomic E-state index is 0.866. The molecule has 0 atom stereocenters. The summed E-state index contributed by atoms with van der Waals surface area (Å²) in [4.78, 5) is 0. The van der Waals surface area contributed by atoms with Crippen LogP contribution in [0.1, 0.15) is 46.5 Å². The summed E-state index contributed by atoms with van der Waals surface area (Å²) in [6, 6.07) is 0. The molecular formula is C12H25N. The maximum Gasteiger partial charge on any atom is 0.0134 e. The lowest BCUT2D eigenvalue weighted by Crippen LogP contribution is -2.11. The predicted molar refractivity (Wildman–Crippen MR) is 61.0 cm³/mol. The number of hydrogen-bond acceptors (Lipinski definition) is 1. The molecule has 0 rings (SSSR count). The normalized spacial score (nSPS) is 11.7. The summed E-state index contributed by atoms with van der Waals surface area (Å²) >= 11 is 0. The smallest absolute Gasteiger partial charge is 0.0134 e. The zero-order chi connectivity index (χ0) is 9.94. The van der Waals surface area contributed by atoms with E-state index in [4.69, 9.17) is 0 Å². The highest BCUT2D eigenvalue weighted by Gasteiger charge is 1.91. The second-order valence-corrected chi connectivity index (χ2v) is 3.96. The lowest BCUT2D eigenvalue weighted by Gasteiger charge is -2.01. The van der Waals surface area contributed by atoms with Gasteiger partial charge >= 0.3 is 0 Å². The van der Waals surface area contributed by atoms with E-state index in [0.717, 1.165) is 19.0 Å². The fraction of sp³-hybridized carbons (Fsp3) is 0.833.